The molecule has 0 unspecified atom stereocenters. The Morgan fingerprint density at radius 1 is 0.658 bits per heavy atom. The first-order chi connectivity index (χ1) is 17.8. The van der Waals surface area contributed by atoms with Crippen molar-refractivity contribution in [3.05, 3.63) is 99.6 Å². The van der Waals surface area contributed by atoms with Gasteiger partial charge in [-0.05, 0) is 68.7 Å². The van der Waals surface area contributed by atoms with Crippen LogP contribution in [-0.2, 0) is 0 Å². The normalized spacial score (nSPS) is 11.1. The summed E-state index contributed by atoms with van der Waals surface area (Å²) in [5.41, 5.74) is 7.84. The van der Waals surface area contributed by atoms with Crippen LogP contribution in [-0.4, -0.2) is 9.97 Å². The van der Waals surface area contributed by atoms with Gasteiger partial charge in [0.1, 0.15) is 0 Å². The lowest BCUT2D eigenvalue weighted by atomic mass is 9.94. The third-order valence-corrected chi connectivity index (χ3v) is 6.57. The summed E-state index contributed by atoms with van der Waals surface area (Å²) in [5, 5.41) is 0. The van der Waals surface area contributed by atoms with Crippen LogP contribution in [0, 0.1) is 35.2 Å². The summed E-state index contributed by atoms with van der Waals surface area (Å²) in [6.07, 6.45) is 2.54. The van der Waals surface area contributed by atoms with E-state index in [-0.39, 0.29) is 34.2 Å². The van der Waals surface area contributed by atoms with E-state index in [0.717, 1.165) is 18.2 Å². The molecule has 2 heterocycles. The van der Waals surface area contributed by atoms with Gasteiger partial charge in [-0.1, -0.05) is 27.7 Å². The SMILES string of the molecule is CC(C)c1c(F)c(F)cc(-c2ccnc(F)c2)c1Br.CC(C)c1c(N)c(-c2ccnc(F)c2)cc(F)c1F. The number of rotatable bonds is 4. The van der Waals surface area contributed by atoms with Crippen LogP contribution in [0.3, 0.4) is 0 Å². The van der Waals surface area contributed by atoms with Crippen LogP contribution in [0.5, 0.6) is 0 Å². The van der Waals surface area contributed by atoms with Crippen molar-refractivity contribution in [2.45, 2.75) is 39.5 Å². The number of benzene rings is 2. The van der Waals surface area contributed by atoms with Crippen molar-refractivity contribution in [2.75, 3.05) is 5.73 Å². The highest BCUT2D eigenvalue weighted by molar-refractivity contribution is 9.10. The number of anilines is 1. The highest BCUT2D eigenvalue weighted by Crippen LogP contribution is 2.38. The van der Waals surface area contributed by atoms with E-state index in [1.165, 1.54) is 24.5 Å². The van der Waals surface area contributed by atoms with Gasteiger partial charge >= 0.3 is 0 Å². The summed E-state index contributed by atoms with van der Waals surface area (Å²) in [5.74, 6) is -5.61. The molecular weight excluding hydrogens is 572 g/mol. The second-order valence-corrected chi connectivity index (χ2v) is 9.83. The largest absolute Gasteiger partial charge is 0.398 e. The molecule has 0 aliphatic heterocycles. The zero-order valence-electron chi connectivity index (χ0n) is 20.9. The second-order valence-electron chi connectivity index (χ2n) is 9.04. The number of nitrogens with two attached hydrogens (primary N) is 1. The van der Waals surface area contributed by atoms with Gasteiger partial charge in [-0.15, -0.1) is 0 Å². The van der Waals surface area contributed by atoms with E-state index in [0.29, 0.717) is 21.2 Å². The van der Waals surface area contributed by atoms with Gasteiger partial charge in [0, 0.05) is 51.4 Å². The van der Waals surface area contributed by atoms with Gasteiger partial charge in [-0.3, -0.25) is 0 Å². The first-order valence-electron chi connectivity index (χ1n) is 11.5. The Morgan fingerprint density at radius 3 is 1.53 bits per heavy atom. The Kier molecular flexibility index (Phi) is 9.19. The van der Waals surface area contributed by atoms with Crippen molar-refractivity contribution in [2.24, 2.45) is 0 Å². The maximum atomic E-state index is 13.8. The predicted molar refractivity (Wildman–Crippen MR) is 139 cm³/mol. The first-order valence-corrected chi connectivity index (χ1v) is 12.3. The van der Waals surface area contributed by atoms with Crippen molar-refractivity contribution in [3.63, 3.8) is 0 Å². The van der Waals surface area contributed by atoms with Crippen LogP contribution >= 0.6 is 15.9 Å². The lowest BCUT2D eigenvalue weighted by molar-refractivity contribution is 0.493. The van der Waals surface area contributed by atoms with E-state index in [2.05, 4.69) is 25.9 Å². The summed E-state index contributed by atoms with van der Waals surface area (Å²) < 4.78 is 81.5. The molecule has 2 aromatic heterocycles. The Balaban J connectivity index is 0.000000211. The average molecular weight is 596 g/mol. The molecule has 0 amide bonds. The van der Waals surface area contributed by atoms with Crippen LogP contribution < -0.4 is 5.73 Å². The number of aromatic nitrogens is 2. The van der Waals surface area contributed by atoms with Gasteiger partial charge in [0.05, 0.1) is 0 Å². The van der Waals surface area contributed by atoms with E-state index in [1.807, 2.05) is 0 Å². The molecule has 0 atom stereocenters. The maximum Gasteiger partial charge on any atom is 0.213 e. The maximum absolute atomic E-state index is 13.8. The van der Waals surface area contributed by atoms with E-state index < -0.39 is 35.2 Å². The molecular formula is C28H24BrF6N3. The summed E-state index contributed by atoms with van der Waals surface area (Å²) in [6, 6.07) is 7.39. The van der Waals surface area contributed by atoms with Gasteiger partial charge in [-0.2, -0.15) is 8.78 Å². The first kappa shape index (κ1) is 29.2. The van der Waals surface area contributed by atoms with Gasteiger partial charge < -0.3 is 5.73 Å². The molecule has 3 nitrogen and oxygen atoms in total. The molecule has 0 bridgehead atoms. The minimum atomic E-state index is -0.995. The smallest absolute Gasteiger partial charge is 0.213 e. The lowest BCUT2D eigenvalue weighted by Gasteiger charge is -2.15. The van der Waals surface area contributed by atoms with E-state index >= 15 is 0 Å². The minimum absolute atomic E-state index is 0.104. The fourth-order valence-electron chi connectivity index (χ4n) is 3.94. The van der Waals surface area contributed by atoms with Crippen LogP contribution in [0.15, 0.2) is 53.3 Å². The lowest BCUT2D eigenvalue weighted by Crippen LogP contribution is -2.05. The Bertz CT molecular complexity index is 1360. The molecule has 0 saturated carbocycles. The quantitative estimate of drug-likeness (QED) is 0.111. The fourth-order valence-corrected chi connectivity index (χ4v) is 4.92. The van der Waals surface area contributed by atoms with Crippen molar-refractivity contribution in [1.29, 1.82) is 0 Å². The topological polar surface area (TPSA) is 51.8 Å². The summed E-state index contributed by atoms with van der Waals surface area (Å²) in [7, 11) is 0. The molecule has 2 aromatic carbocycles. The highest BCUT2D eigenvalue weighted by Gasteiger charge is 2.21. The zero-order valence-corrected chi connectivity index (χ0v) is 22.5. The molecule has 0 aliphatic carbocycles. The van der Waals surface area contributed by atoms with E-state index in [9.17, 15) is 26.3 Å². The molecule has 4 aromatic rings. The summed E-state index contributed by atoms with van der Waals surface area (Å²) in [6.45, 7) is 6.95. The Morgan fingerprint density at radius 2 is 1.08 bits per heavy atom. The van der Waals surface area contributed by atoms with Gasteiger partial charge in [0.25, 0.3) is 0 Å². The molecule has 4 rings (SSSR count). The molecule has 200 valence electrons. The van der Waals surface area contributed by atoms with Gasteiger partial charge in [0.15, 0.2) is 23.3 Å². The molecule has 38 heavy (non-hydrogen) atoms. The highest BCUT2D eigenvalue weighted by atomic mass is 79.9. The minimum Gasteiger partial charge on any atom is -0.398 e. The summed E-state index contributed by atoms with van der Waals surface area (Å²) in [4.78, 5) is 6.86. The number of hydrogen-bond acceptors (Lipinski definition) is 3. The van der Waals surface area contributed by atoms with Crippen molar-refractivity contribution in [1.82, 2.24) is 9.97 Å². The number of pyridine rings is 2. The van der Waals surface area contributed by atoms with Crippen LogP contribution in [0.2, 0.25) is 0 Å². The van der Waals surface area contributed by atoms with Crippen LogP contribution in [0.1, 0.15) is 50.7 Å². The Hall–Kier alpha value is -3.40. The number of nitrogens with zero attached hydrogens (tertiary/aromatic N) is 2. The fraction of sp³-hybridized carbons (Fsp3) is 0.214. The van der Waals surface area contributed by atoms with Crippen molar-refractivity contribution in [3.8, 4) is 22.3 Å². The van der Waals surface area contributed by atoms with Crippen LogP contribution in [0.25, 0.3) is 22.3 Å². The molecule has 10 heteroatoms. The number of hydrogen-bond donors (Lipinski definition) is 1. The monoisotopic (exact) mass is 595 g/mol. The summed E-state index contributed by atoms with van der Waals surface area (Å²) >= 11 is 3.28. The molecule has 2 N–H and O–H groups in total. The van der Waals surface area contributed by atoms with Crippen molar-refractivity contribution < 1.29 is 26.3 Å². The van der Waals surface area contributed by atoms with Gasteiger partial charge in [0.2, 0.25) is 11.9 Å². The number of halogens is 7. The van der Waals surface area contributed by atoms with E-state index in [1.54, 1.807) is 33.8 Å². The zero-order chi connectivity index (χ0) is 28.3. The Labute approximate surface area is 224 Å². The van der Waals surface area contributed by atoms with E-state index in [4.69, 9.17) is 5.73 Å². The third kappa shape index (κ3) is 6.18. The standard InChI is InChI=1S/C14H11BrF3N.C14H13F3N2/c1-7(2)12-13(15)9(6-10(16)14(12)18)8-3-4-19-11(17)5-8;1-7(2)12-13(17)10(15)6-9(14(12)18)8-3-4-19-11(16)5-8/h3-7H,1-2H3;3-7H,18H2,1-2H3. The third-order valence-electron chi connectivity index (χ3n) is 5.72. The average Bonchev–Trinajstić information content (AvgIpc) is 2.84. The van der Waals surface area contributed by atoms with Crippen molar-refractivity contribution >= 4 is 21.6 Å². The van der Waals surface area contributed by atoms with Gasteiger partial charge in [-0.25, -0.2) is 27.5 Å². The second kappa shape index (κ2) is 12.0. The molecule has 0 saturated heterocycles. The number of nitrogen functional groups attached to an aromatic ring is 1. The van der Waals surface area contributed by atoms with Crippen LogP contribution in [0.4, 0.5) is 32.0 Å². The molecule has 0 fully saturated rings. The molecule has 0 spiro atoms. The molecule has 0 aliphatic rings. The predicted octanol–water partition coefficient (Wildman–Crippen LogP) is 8.92. The molecule has 0 radical (unpaired) electrons.